The molecule has 0 bridgehead atoms. The van der Waals surface area contributed by atoms with Gasteiger partial charge >= 0.3 is 0 Å². The third kappa shape index (κ3) is 4.63. The van der Waals surface area contributed by atoms with Gasteiger partial charge in [-0.3, -0.25) is 4.79 Å². The van der Waals surface area contributed by atoms with Gasteiger partial charge in [-0.25, -0.2) is 0 Å². The molecule has 2 fully saturated rings. The Morgan fingerprint density at radius 3 is 3.11 bits per heavy atom. The molecule has 2 atom stereocenters. The van der Waals surface area contributed by atoms with Crippen molar-refractivity contribution in [2.45, 2.75) is 25.0 Å². The van der Waals surface area contributed by atoms with Crippen LogP contribution in [-0.2, 0) is 14.3 Å². The molecular weight excluding hydrogens is 264 g/mol. The van der Waals surface area contributed by atoms with Gasteiger partial charge in [0.05, 0.1) is 25.7 Å². The molecule has 6 heteroatoms. The van der Waals surface area contributed by atoms with E-state index in [1.54, 1.807) is 7.11 Å². The van der Waals surface area contributed by atoms with E-state index in [2.05, 4.69) is 5.32 Å². The first-order valence-electron chi connectivity index (χ1n) is 6.99. The molecule has 0 aromatic heterocycles. The number of hydrogen-bond acceptors (Lipinski definition) is 5. The Balaban J connectivity index is 1.86. The zero-order valence-electron chi connectivity index (χ0n) is 11.6. The third-order valence-electron chi connectivity index (χ3n) is 3.61. The summed E-state index contributed by atoms with van der Waals surface area (Å²) in [5.41, 5.74) is 0. The predicted octanol–water partition coefficient (Wildman–Crippen LogP) is 0.345. The van der Waals surface area contributed by atoms with Gasteiger partial charge in [-0.15, -0.1) is 0 Å². The minimum absolute atomic E-state index is 0.0281. The van der Waals surface area contributed by atoms with E-state index < -0.39 is 0 Å². The Morgan fingerprint density at radius 2 is 2.47 bits per heavy atom. The summed E-state index contributed by atoms with van der Waals surface area (Å²) in [5, 5.41) is 3.27. The SMILES string of the molecule is COCCN(C(=O)CC1CNCCO1)C1CCSC1. The molecule has 2 rings (SSSR count). The smallest absolute Gasteiger partial charge is 0.225 e. The first kappa shape index (κ1) is 15.1. The number of rotatable bonds is 6. The maximum atomic E-state index is 12.5. The van der Waals surface area contributed by atoms with Crippen molar-refractivity contribution in [2.24, 2.45) is 0 Å². The second kappa shape index (κ2) is 8.09. The van der Waals surface area contributed by atoms with Crippen molar-refractivity contribution in [3.63, 3.8) is 0 Å². The quantitative estimate of drug-likeness (QED) is 0.764. The van der Waals surface area contributed by atoms with E-state index in [4.69, 9.17) is 9.47 Å². The molecule has 0 spiro atoms. The van der Waals surface area contributed by atoms with Crippen LogP contribution in [0.3, 0.4) is 0 Å². The van der Waals surface area contributed by atoms with Crippen LogP contribution in [-0.4, -0.2) is 74.4 Å². The number of ether oxygens (including phenoxy) is 2. The van der Waals surface area contributed by atoms with Gasteiger partial charge in [0.15, 0.2) is 0 Å². The van der Waals surface area contributed by atoms with Crippen LogP contribution in [0.15, 0.2) is 0 Å². The molecule has 2 saturated heterocycles. The molecule has 0 aliphatic carbocycles. The van der Waals surface area contributed by atoms with Gasteiger partial charge in [0.25, 0.3) is 0 Å². The molecule has 19 heavy (non-hydrogen) atoms. The minimum atomic E-state index is 0.0281. The summed E-state index contributed by atoms with van der Waals surface area (Å²) in [5.74, 6) is 2.42. The van der Waals surface area contributed by atoms with Crippen molar-refractivity contribution in [3.8, 4) is 0 Å². The molecule has 0 aromatic rings. The number of amides is 1. The highest BCUT2D eigenvalue weighted by Crippen LogP contribution is 2.23. The lowest BCUT2D eigenvalue weighted by molar-refractivity contribution is -0.137. The largest absolute Gasteiger partial charge is 0.383 e. The van der Waals surface area contributed by atoms with Crippen LogP contribution in [0.4, 0.5) is 0 Å². The van der Waals surface area contributed by atoms with Crippen molar-refractivity contribution >= 4 is 17.7 Å². The second-order valence-electron chi connectivity index (χ2n) is 5.00. The monoisotopic (exact) mass is 288 g/mol. The van der Waals surface area contributed by atoms with Gasteiger partial charge in [0, 0.05) is 38.5 Å². The van der Waals surface area contributed by atoms with E-state index in [1.807, 2.05) is 16.7 Å². The van der Waals surface area contributed by atoms with E-state index in [-0.39, 0.29) is 12.0 Å². The molecule has 0 aromatic carbocycles. The fourth-order valence-electron chi connectivity index (χ4n) is 2.53. The topological polar surface area (TPSA) is 50.8 Å². The lowest BCUT2D eigenvalue weighted by Gasteiger charge is -2.31. The highest BCUT2D eigenvalue weighted by molar-refractivity contribution is 7.99. The predicted molar refractivity (Wildman–Crippen MR) is 76.5 cm³/mol. The minimum Gasteiger partial charge on any atom is -0.383 e. The molecule has 2 unspecified atom stereocenters. The average Bonchev–Trinajstić information content (AvgIpc) is 2.94. The van der Waals surface area contributed by atoms with Crippen molar-refractivity contribution < 1.29 is 14.3 Å². The summed E-state index contributed by atoms with van der Waals surface area (Å²) < 4.78 is 10.7. The number of carbonyl (C=O) groups is 1. The van der Waals surface area contributed by atoms with Crippen LogP contribution in [0, 0.1) is 0 Å². The van der Waals surface area contributed by atoms with Crippen molar-refractivity contribution in [1.29, 1.82) is 0 Å². The van der Waals surface area contributed by atoms with Gasteiger partial charge in [-0.1, -0.05) is 0 Å². The van der Waals surface area contributed by atoms with Crippen LogP contribution in [0.25, 0.3) is 0 Å². The van der Waals surface area contributed by atoms with E-state index in [0.717, 1.165) is 31.0 Å². The Labute approximate surface area is 119 Å². The van der Waals surface area contributed by atoms with E-state index in [0.29, 0.717) is 32.2 Å². The standard InChI is InChI=1S/C13H24N2O3S/c1-17-6-4-15(11-2-7-19-10-11)13(16)8-12-9-14-3-5-18-12/h11-12,14H,2-10H2,1H3. The molecule has 0 saturated carbocycles. The summed E-state index contributed by atoms with van der Waals surface area (Å²) in [6, 6.07) is 0.379. The maximum absolute atomic E-state index is 12.5. The van der Waals surface area contributed by atoms with Crippen LogP contribution in [0.1, 0.15) is 12.8 Å². The van der Waals surface area contributed by atoms with Gasteiger partial charge in [-0.05, 0) is 12.2 Å². The van der Waals surface area contributed by atoms with Crippen molar-refractivity contribution in [3.05, 3.63) is 0 Å². The molecule has 0 radical (unpaired) electrons. The highest BCUT2D eigenvalue weighted by atomic mass is 32.2. The maximum Gasteiger partial charge on any atom is 0.225 e. The van der Waals surface area contributed by atoms with Crippen LogP contribution >= 0.6 is 11.8 Å². The van der Waals surface area contributed by atoms with Gasteiger partial charge in [-0.2, -0.15) is 11.8 Å². The Morgan fingerprint density at radius 1 is 1.58 bits per heavy atom. The molecular formula is C13H24N2O3S. The summed E-state index contributed by atoms with van der Waals surface area (Å²) in [7, 11) is 1.68. The molecule has 2 heterocycles. The lowest BCUT2D eigenvalue weighted by Crippen LogP contribution is -2.46. The van der Waals surface area contributed by atoms with E-state index in [9.17, 15) is 4.79 Å². The van der Waals surface area contributed by atoms with E-state index in [1.165, 1.54) is 0 Å². The number of methoxy groups -OCH3 is 1. The van der Waals surface area contributed by atoms with Crippen molar-refractivity contribution in [1.82, 2.24) is 10.2 Å². The summed E-state index contributed by atoms with van der Waals surface area (Å²) in [6.45, 7) is 3.67. The molecule has 1 N–H and O–H groups in total. The van der Waals surface area contributed by atoms with Gasteiger partial charge in [0.2, 0.25) is 5.91 Å². The van der Waals surface area contributed by atoms with Gasteiger partial charge in [0.1, 0.15) is 0 Å². The third-order valence-corrected chi connectivity index (χ3v) is 4.75. The Kier molecular flexibility index (Phi) is 6.43. The number of thioether (sulfide) groups is 1. The Hall–Kier alpha value is -0.300. The summed E-state index contributed by atoms with van der Waals surface area (Å²) in [6.07, 6.45) is 1.61. The normalized spacial score (nSPS) is 27.4. The van der Waals surface area contributed by atoms with Crippen molar-refractivity contribution in [2.75, 3.05) is 51.5 Å². The van der Waals surface area contributed by atoms with E-state index >= 15 is 0 Å². The fourth-order valence-corrected chi connectivity index (χ4v) is 3.76. The summed E-state index contributed by atoms with van der Waals surface area (Å²) >= 11 is 1.93. The van der Waals surface area contributed by atoms with Gasteiger partial charge < -0.3 is 19.7 Å². The number of carbonyl (C=O) groups excluding carboxylic acids is 1. The highest BCUT2D eigenvalue weighted by Gasteiger charge is 2.28. The molecule has 5 nitrogen and oxygen atoms in total. The van der Waals surface area contributed by atoms with Crippen LogP contribution in [0.5, 0.6) is 0 Å². The molecule has 110 valence electrons. The van der Waals surface area contributed by atoms with Crippen LogP contribution < -0.4 is 5.32 Å². The lowest BCUT2D eigenvalue weighted by atomic mass is 10.1. The number of hydrogen-bond donors (Lipinski definition) is 1. The number of morpholine rings is 1. The first-order valence-corrected chi connectivity index (χ1v) is 8.15. The molecule has 2 aliphatic rings. The average molecular weight is 288 g/mol. The fraction of sp³-hybridized carbons (Fsp3) is 0.923. The number of nitrogens with one attached hydrogen (secondary N) is 1. The number of nitrogens with zero attached hydrogens (tertiary/aromatic N) is 1. The zero-order chi connectivity index (χ0) is 13.5. The zero-order valence-corrected chi connectivity index (χ0v) is 12.4. The molecule has 2 aliphatic heterocycles. The van der Waals surface area contributed by atoms with Crippen LogP contribution in [0.2, 0.25) is 0 Å². The Bertz CT molecular complexity index is 279. The second-order valence-corrected chi connectivity index (χ2v) is 6.15. The summed E-state index contributed by atoms with van der Waals surface area (Å²) in [4.78, 5) is 14.5. The first-order chi connectivity index (χ1) is 9.31. The molecule has 1 amide bonds.